The summed E-state index contributed by atoms with van der Waals surface area (Å²) >= 11 is 0. The maximum absolute atomic E-state index is 5.99. The van der Waals surface area contributed by atoms with Gasteiger partial charge in [-0.1, -0.05) is 52.0 Å². The Labute approximate surface area is 93.7 Å². The first-order valence-corrected chi connectivity index (χ1v) is 5.87. The third kappa shape index (κ3) is 2.82. The van der Waals surface area contributed by atoms with Crippen LogP contribution in [0.15, 0.2) is 24.3 Å². The molecule has 0 saturated heterocycles. The highest BCUT2D eigenvalue weighted by Crippen LogP contribution is 2.27. The molecule has 1 rings (SSSR count). The molecule has 1 aromatic carbocycles. The molecule has 15 heavy (non-hydrogen) atoms. The molecular weight excluding hydrogens is 182 g/mol. The molecule has 0 aliphatic rings. The second kappa shape index (κ2) is 4.80. The molecule has 84 valence electrons. The molecule has 2 N–H and O–H groups in total. The topological polar surface area (TPSA) is 26.0 Å². The highest BCUT2D eigenvalue weighted by molar-refractivity contribution is 5.29. The van der Waals surface area contributed by atoms with Gasteiger partial charge in [-0.25, -0.2) is 0 Å². The van der Waals surface area contributed by atoms with E-state index >= 15 is 0 Å². The van der Waals surface area contributed by atoms with Gasteiger partial charge in [0, 0.05) is 6.04 Å². The van der Waals surface area contributed by atoms with Crippen LogP contribution >= 0.6 is 0 Å². The SMILES string of the molecule is CC[C@@H](N)c1ccc(C(C)(C)CC)cc1. The van der Waals surface area contributed by atoms with E-state index < -0.39 is 0 Å². The Hall–Kier alpha value is -0.820. The fraction of sp³-hybridized carbons (Fsp3) is 0.571. The number of hydrogen-bond donors (Lipinski definition) is 1. The van der Waals surface area contributed by atoms with E-state index in [4.69, 9.17) is 5.73 Å². The second-order valence-electron chi connectivity index (χ2n) is 4.87. The molecule has 0 aliphatic carbocycles. The Kier molecular flexibility index (Phi) is 3.92. The van der Waals surface area contributed by atoms with Crippen molar-refractivity contribution in [2.24, 2.45) is 5.73 Å². The summed E-state index contributed by atoms with van der Waals surface area (Å²) < 4.78 is 0. The Bertz CT molecular complexity index is 298. The molecule has 0 heterocycles. The summed E-state index contributed by atoms with van der Waals surface area (Å²) in [4.78, 5) is 0. The molecule has 0 bridgehead atoms. The molecular formula is C14H23N. The minimum absolute atomic E-state index is 0.184. The Morgan fingerprint density at radius 1 is 1.13 bits per heavy atom. The molecule has 0 aliphatic heterocycles. The molecule has 1 nitrogen and oxygen atoms in total. The van der Waals surface area contributed by atoms with E-state index in [0.717, 1.165) is 12.8 Å². The standard InChI is InChI=1S/C14H23N/c1-5-13(15)11-7-9-12(10-8-11)14(3,4)6-2/h7-10,13H,5-6,15H2,1-4H3/t13-/m1/s1. The van der Waals surface area contributed by atoms with Crippen LogP contribution in [-0.2, 0) is 5.41 Å². The molecule has 0 amide bonds. The lowest BCUT2D eigenvalue weighted by Gasteiger charge is -2.23. The van der Waals surface area contributed by atoms with Crippen molar-refractivity contribution >= 4 is 0 Å². The molecule has 1 atom stereocenters. The zero-order valence-electron chi connectivity index (χ0n) is 10.4. The second-order valence-corrected chi connectivity index (χ2v) is 4.87. The van der Waals surface area contributed by atoms with E-state index in [-0.39, 0.29) is 11.5 Å². The summed E-state index contributed by atoms with van der Waals surface area (Å²) in [6, 6.07) is 8.95. The maximum Gasteiger partial charge on any atom is 0.0292 e. The maximum atomic E-state index is 5.99. The van der Waals surface area contributed by atoms with Crippen molar-refractivity contribution in [3.05, 3.63) is 35.4 Å². The van der Waals surface area contributed by atoms with Gasteiger partial charge >= 0.3 is 0 Å². The predicted molar refractivity (Wildman–Crippen MR) is 67.0 cm³/mol. The Morgan fingerprint density at radius 2 is 1.67 bits per heavy atom. The van der Waals surface area contributed by atoms with Crippen molar-refractivity contribution in [2.45, 2.75) is 52.0 Å². The number of nitrogens with two attached hydrogens (primary N) is 1. The summed E-state index contributed by atoms with van der Waals surface area (Å²) in [5.41, 5.74) is 8.90. The van der Waals surface area contributed by atoms with E-state index in [0.29, 0.717) is 0 Å². The van der Waals surface area contributed by atoms with Gasteiger partial charge in [0.15, 0.2) is 0 Å². The molecule has 0 fully saturated rings. The van der Waals surface area contributed by atoms with Crippen LogP contribution < -0.4 is 5.73 Å². The zero-order chi connectivity index (χ0) is 11.5. The third-order valence-corrected chi connectivity index (χ3v) is 3.44. The summed E-state index contributed by atoms with van der Waals surface area (Å²) in [6.45, 7) is 8.91. The van der Waals surface area contributed by atoms with Crippen LogP contribution in [0.4, 0.5) is 0 Å². The summed E-state index contributed by atoms with van der Waals surface area (Å²) in [5.74, 6) is 0. The van der Waals surface area contributed by atoms with Gasteiger partial charge in [-0.3, -0.25) is 0 Å². The third-order valence-electron chi connectivity index (χ3n) is 3.44. The van der Waals surface area contributed by atoms with Crippen LogP contribution in [0.1, 0.15) is 57.7 Å². The van der Waals surface area contributed by atoms with Gasteiger partial charge in [-0.15, -0.1) is 0 Å². The van der Waals surface area contributed by atoms with E-state index in [1.807, 2.05) is 0 Å². The average Bonchev–Trinajstić information content (AvgIpc) is 2.28. The molecule has 0 saturated carbocycles. The highest BCUT2D eigenvalue weighted by Gasteiger charge is 2.17. The van der Waals surface area contributed by atoms with Crippen molar-refractivity contribution in [1.29, 1.82) is 0 Å². The molecule has 1 aromatic rings. The van der Waals surface area contributed by atoms with E-state index in [1.54, 1.807) is 0 Å². The van der Waals surface area contributed by atoms with Crippen molar-refractivity contribution in [1.82, 2.24) is 0 Å². The summed E-state index contributed by atoms with van der Waals surface area (Å²) in [6.07, 6.45) is 2.16. The Balaban J connectivity index is 2.90. The quantitative estimate of drug-likeness (QED) is 0.795. The lowest BCUT2D eigenvalue weighted by atomic mass is 9.82. The largest absolute Gasteiger partial charge is 0.324 e. The van der Waals surface area contributed by atoms with Crippen LogP contribution in [0.25, 0.3) is 0 Å². The molecule has 0 unspecified atom stereocenters. The lowest BCUT2D eigenvalue weighted by molar-refractivity contribution is 0.506. The molecule has 1 heteroatoms. The van der Waals surface area contributed by atoms with E-state index in [9.17, 15) is 0 Å². The van der Waals surface area contributed by atoms with Gasteiger partial charge in [0.2, 0.25) is 0 Å². The van der Waals surface area contributed by atoms with Gasteiger partial charge in [0.25, 0.3) is 0 Å². The van der Waals surface area contributed by atoms with Crippen LogP contribution in [0.3, 0.4) is 0 Å². The predicted octanol–water partition coefficient (Wildman–Crippen LogP) is 3.78. The molecule has 0 spiro atoms. The van der Waals surface area contributed by atoms with Crippen molar-refractivity contribution in [2.75, 3.05) is 0 Å². The van der Waals surface area contributed by atoms with Gasteiger partial charge in [-0.05, 0) is 29.4 Å². The summed E-state index contributed by atoms with van der Waals surface area (Å²) in [7, 11) is 0. The van der Waals surface area contributed by atoms with Crippen LogP contribution in [-0.4, -0.2) is 0 Å². The van der Waals surface area contributed by atoms with Gasteiger partial charge in [-0.2, -0.15) is 0 Å². The smallest absolute Gasteiger partial charge is 0.0292 e. The molecule has 0 radical (unpaired) electrons. The first-order valence-electron chi connectivity index (χ1n) is 5.87. The fourth-order valence-corrected chi connectivity index (χ4v) is 1.62. The first kappa shape index (κ1) is 12.3. The van der Waals surface area contributed by atoms with Crippen molar-refractivity contribution in [3.8, 4) is 0 Å². The summed E-state index contributed by atoms with van der Waals surface area (Å²) in [5, 5.41) is 0. The zero-order valence-corrected chi connectivity index (χ0v) is 10.4. The number of hydrogen-bond acceptors (Lipinski definition) is 1. The Morgan fingerprint density at radius 3 is 2.07 bits per heavy atom. The van der Waals surface area contributed by atoms with Crippen molar-refractivity contribution in [3.63, 3.8) is 0 Å². The highest BCUT2D eigenvalue weighted by atomic mass is 14.6. The van der Waals surface area contributed by atoms with Crippen LogP contribution in [0.5, 0.6) is 0 Å². The number of rotatable bonds is 4. The van der Waals surface area contributed by atoms with Crippen molar-refractivity contribution < 1.29 is 0 Å². The monoisotopic (exact) mass is 205 g/mol. The van der Waals surface area contributed by atoms with E-state index in [2.05, 4.69) is 52.0 Å². The van der Waals surface area contributed by atoms with Crippen LogP contribution in [0.2, 0.25) is 0 Å². The minimum Gasteiger partial charge on any atom is -0.324 e. The van der Waals surface area contributed by atoms with Gasteiger partial charge < -0.3 is 5.73 Å². The normalized spacial score (nSPS) is 13.9. The lowest BCUT2D eigenvalue weighted by Crippen LogP contribution is -2.16. The van der Waals surface area contributed by atoms with Gasteiger partial charge in [0.1, 0.15) is 0 Å². The van der Waals surface area contributed by atoms with Crippen LogP contribution in [0, 0.1) is 0 Å². The first-order chi connectivity index (χ1) is 7.01. The average molecular weight is 205 g/mol. The number of benzene rings is 1. The fourth-order valence-electron chi connectivity index (χ4n) is 1.62. The van der Waals surface area contributed by atoms with E-state index in [1.165, 1.54) is 11.1 Å². The van der Waals surface area contributed by atoms with Gasteiger partial charge in [0.05, 0.1) is 0 Å². The molecule has 0 aromatic heterocycles. The minimum atomic E-state index is 0.184.